The number of carbonyl (C=O) groups is 1. The van der Waals surface area contributed by atoms with E-state index in [2.05, 4.69) is 15.4 Å². The molecule has 0 saturated heterocycles. The van der Waals surface area contributed by atoms with Crippen molar-refractivity contribution < 1.29 is 19.2 Å². The molecule has 0 aliphatic heterocycles. The van der Waals surface area contributed by atoms with E-state index in [9.17, 15) is 14.9 Å². The lowest BCUT2D eigenvalue weighted by Crippen LogP contribution is -2.11. The van der Waals surface area contributed by atoms with Crippen molar-refractivity contribution in [1.29, 1.82) is 0 Å². The molecule has 37 heavy (non-hydrogen) atoms. The summed E-state index contributed by atoms with van der Waals surface area (Å²) in [6.45, 7) is 0. The van der Waals surface area contributed by atoms with E-state index >= 15 is 0 Å². The number of anilines is 2. The molecule has 0 spiro atoms. The summed E-state index contributed by atoms with van der Waals surface area (Å²) < 4.78 is 12.4. The van der Waals surface area contributed by atoms with Gasteiger partial charge in [0.05, 0.1) is 24.1 Å². The van der Waals surface area contributed by atoms with Crippen LogP contribution in [0, 0.1) is 10.1 Å². The third-order valence-electron chi connectivity index (χ3n) is 5.57. The first-order valence-electron chi connectivity index (χ1n) is 11.3. The molecule has 0 fully saturated rings. The van der Waals surface area contributed by atoms with Crippen LogP contribution in [0.1, 0.15) is 5.56 Å². The van der Waals surface area contributed by atoms with Crippen molar-refractivity contribution in [3.63, 3.8) is 0 Å². The van der Waals surface area contributed by atoms with E-state index in [1.165, 1.54) is 24.3 Å². The Morgan fingerprint density at radius 2 is 1.81 bits per heavy atom. The molecule has 0 radical (unpaired) electrons. The van der Waals surface area contributed by atoms with Gasteiger partial charge >= 0.3 is 5.97 Å². The van der Waals surface area contributed by atoms with Gasteiger partial charge in [-0.3, -0.25) is 14.9 Å². The second-order valence-electron chi connectivity index (χ2n) is 8.08. The van der Waals surface area contributed by atoms with Gasteiger partial charge < -0.3 is 14.8 Å². The first-order valence-corrected chi connectivity index (χ1v) is 11.3. The van der Waals surface area contributed by atoms with Crippen molar-refractivity contribution in [2.24, 2.45) is 0 Å². The topological polar surface area (TPSA) is 121 Å². The number of hydrogen-bond donors (Lipinski definition) is 1. The molecule has 2 heterocycles. The second-order valence-corrected chi connectivity index (χ2v) is 8.08. The number of carbonyl (C=O) groups excluding carboxylic acids is 1. The number of esters is 1. The summed E-state index contributed by atoms with van der Waals surface area (Å²) in [5, 5.41) is 18.5. The van der Waals surface area contributed by atoms with Gasteiger partial charge in [-0.25, -0.2) is 4.52 Å². The third kappa shape index (κ3) is 5.38. The molecule has 0 bridgehead atoms. The molecule has 0 atom stereocenters. The molecule has 0 aliphatic carbocycles. The summed E-state index contributed by atoms with van der Waals surface area (Å²) in [4.78, 5) is 27.2. The van der Waals surface area contributed by atoms with Crippen LogP contribution >= 0.6 is 0 Å². The number of methoxy groups -OCH3 is 1. The van der Waals surface area contributed by atoms with Gasteiger partial charge in [0.2, 0.25) is 5.95 Å². The van der Waals surface area contributed by atoms with Gasteiger partial charge in [0, 0.05) is 23.9 Å². The van der Waals surface area contributed by atoms with Crippen LogP contribution in [0.25, 0.3) is 16.8 Å². The Bertz CT molecular complexity index is 1600. The summed E-state index contributed by atoms with van der Waals surface area (Å²) in [5.41, 5.74) is 3.92. The highest BCUT2D eigenvalue weighted by Crippen LogP contribution is 2.27. The number of para-hydroxylation sites is 2. The smallest absolute Gasteiger partial charge is 0.315 e. The number of nitrogens with zero attached hydrogens (tertiary/aromatic N) is 4. The van der Waals surface area contributed by atoms with Crippen LogP contribution in [0.2, 0.25) is 0 Å². The lowest BCUT2D eigenvalue weighted by Gasteiger charge is -2.07. The minimum atomic E-state index is -0.508. The molecule has 0 unspecified atom stereocenters. The number of non-ortho nitro benzene ring substituents is 1. The first kappa shape index (κ1) is 23.5. The van der Waals surface area contributed by atoms with Gasteiger partial charge in [-0.05, 0) is 47.5 Å². The number of fused-ring (bicyclic) bond motifs is 1. The van der Waals surface area contributed by atoms with Crippen molar-refractivity contribution in [3.05, 3.63) is 107 Å². The van der Waals surface area contributed by atoms with Crippen LogP contribution in [0.4, 0.5) is 17.3 Å². The summed E-state index contributed by atoms with van der Waals surface area (Å²) >= 11 is 0. The van der Waals surface area contributed by atoms with Crippen LogP contribution < -0.4 is 14.8 Å². The molecule has 10 nitrogen and oxygen atoms in total. The molecule has 0 amide bonds. The predicted octanol–water partition coefficient (Wildman–Crippen LogP) is 5.20. The molecule has 1 N–H and O–H groups in total. The van der Waals surface area contributed by atoms with Crippen LogP contribution in [-0.4, -0.2) is 32.6 Å². The highest BCUT2D eigenvalue weighted by Gasteiger charge is 2.12. The third-order valence-corrected chi connectivity index (χ3v) is 5.57. The Morgan fingerprint density at radius 3 is 2.59 bits per heavy atom. The van der Waals surface area contributed by atoms with Crippen LogP contribution in [0.15, 0.2) is 91.1 Å². The Hall–Kier alpha value is -5.25. The van der Waals surface area contributed by atoms with E-state index < -0.39 is 10.9 Å². The van der Waals surface area contributed by atoms with E-state index in [4.69, 9.17) is 9.47 Å². The van der Waals surface area contributed by atoms with Gasteiger partial charge in [0.1, 0.15) is 11.5 Å². The zero-order chi connectivity index (χ0) is 25.8. The molecule has 0 aliphatic rings. The number of hydrogen-bond acceptors (Lipinski definition) is 8. The first-order chi connectivity index (χ1) is 18.0. The number of nitro benzene ring substituents is 1. The molecule has 3 aromatic carbocycles. The van der Waals surface area contributed by atoms with Gasteiger partial charge in [0.25, 0.3) is 5.69 Å². The number of rotatable bonds is 8. The zero-order valence-corrected chi connectivity index (χ0v) is 19.7. The minimum Gasteiger partial charge on any atom is -0.495 e. The molecule has 10 heteroatoms. The Kier molecular flexibility index (Phi) is 6.45. The van der Waals surface area contributed by atoms with Crippen molar-refractivity contribution in [3.8, 4) is 22.6 Å². The normalized spacial score (nSPS) is 10.7. The summed E-state index contributed by atoms with van der Waals surface area (Å²) in [7, 11) is 1.60. The molecule has 0 saturated carbocycles. The van der Waals surface area contributed by atoms with Crippen LogP contribution in [0.3, 0.4) is 0 Å². The van der Waals surface area contributed by atoms with E-state index in [0.29, 0.717) is 17.3 Å². The zero-order valence-electron chi connectivity index (χ0n) is 19.7. The fourth-order valence-corrected chi connectivity index (χ4v) is 3.81. The summed E-state index contributed by atoms with van der Waals surface area (Å²) in [6.07, 6.45) is 1.91. The fourth-order valence-electron chi connectivity index (χ4n) is 3.81. The second kappa shape index (κ2) is 10.2. The quantitative estimate of drug-likeness (QED) is 0.135. The molecule has 5 aromatic rings. The van der Waals surface area contributed by atoms with Crippen molar-refractivity contribution in [1.82, 2.24) is 14.6 Å². The van der Waals surface area contributed by atoms with E-state index in [1.807, 2.05) is 66.9 Å². The number of nitro groups is 1. The highest BCUT2D eigenvalue weighted by molar-refractivity contribution is 5.76. The molecule has 2 aromatic heterocycles. The Balaban J connectivity index is 1.30. The van der Waals surface area contributed by atoms with Crippen molar-refractivity contribution in [2.45, 2.75) is 6.42 Å². The SMILES string of the molecule is COc1ccccc1Nc1nc2ccc(-c3cccc(CC(=O)Oc4ccc([N+](=O)[O-])cc4)c3)cn2n1. The molecule has 184 valence electrons. The lowest BCUT2D eigenvalue weighted by molar-refractivity contribution is -0.384. The largest absolute Gasteiger partial charge is 0.495 e. The number of pyridine rings is 1. The van der Waals surface area contributed by atoms with Gasteiger partial charge in [-0.2, -0.15) is 4.98 Å². The lowest BCUT2D eigenvalue weighted by atomic mass is 10.0. The fraction of sp³-hybridized carbons (Fsp3) is 0.0741. The van der Waals surface area contributed by atoms with Gasteiger partial charge in [-0.15, -0.1) is 5.10 Å². The number of aromatic nitrogens is 3. The maximum Gasteiger partial charge on any atom is 0.315 e. The van der Waals surface area contributed by atoms with Crippen molar-refractivity contribution in [2.75, 3.05) is 12.4 Å². The Labute approximate surface area is 211 Å². The maximum absolute atomic E-state index is 12.4. The highest BCUT2D eigenvalue weighted by atomic mass is 16.6. The number of benzene rings is 3. The monoisotopic (exact) mass is 495 g/mol. The van der Waals surface area contributed by atoms with Crippen molar-refractivity contribution >= 4 is 28.9 Å². The average Bonchev–Trinajstić information content (AvgIpc) is 3.31. The average molecular weight is 495 g/mol. The van der Waals surface area contributed by atoms with Gasteiger partial charge in [-0.1, -0.05) is 36.4 Å². The molecular formula is C27H21N5O5. The molecular weight excluding hydrogens is 474 g/mol. The van der Waals surface area contributed by atoms with E-state index in [-0.39, 0.29) is 17.9 Å². The number of nitrogens with one attached hydrogen (secondary N) is 1. The Morgan fingerprint density at radius 1 is 1.00 bits per heavy atom. The predicted molar refractivity (Wildman–Crippen MR) is 137 cm³/mol. The minimum absolute atomic E-state index is 0.0450. The standard InChI is InChI=1S/C27H21N5O5/c1-36-24-8-3-2-7-23(24)28-27-29-25-14-9-20(17-31(25)30-27)19-6-4-5-18(15-19)16-26(33)37-22-12-10-21(11-13-22)32(34)35/h2-15,17H,16H2,1H3,(H,28,30). The van der Waals surface area contributed by atoms with Crippen LogP contribution in [-0.2, 0) is 11.2 Å². The van der Waals surface area contributed by atoms with E-state index in [0.717, 1.165) is 22.4 Å². The number of ether oxygens (including phenoxy) is 2. The molecule has 5 rings (SSSR count). The summed E-state index contributed by atoms with van der Waals surface area (Å²) in [5.74, 6) is 0.904. The van der Waals surface area contributed by atoms with E-state index in [1.54, 1.807) is 11.6 Å². The summed E-state index contributed by atoms with van der Waals surface area (Å²) in [6, 6.07) is 24.3. The van der Waals surface area contributed by atoms with Crippen LogP contribution in [0.5, 0.6) is 11.5 Å². The maximum atomic E-state index is 12.4. The van der Waals surface area contributed by atoms with Gasteiger partial charge in [0.15, 0.2) is 5.65 Å².